The minimum atomic E-state index is -0.0356. The van der Waals surface area contributed by atoms with E-state index in [-0.39, 0.29) is 12.0 Å². The number of hydrogen-bond donors (Lipinski definition) is 1. The molecule has 0 amide bonds. The highest BCUT2D eigenvalue weighted by molar-refractivity contribution is 9.10. The van der Waals surface area contributed by atoms with Crippen LogP contribution in [-0.4, -0.2) is 26.7 Å². The average molecular weight is 436 g/mol. The van der Waals surface area contributed by atoms with Crippen molar-refractivity contribution in [1.29, 1.82) is 0 Å². The third-order valence-electron chi connectivity index (χ3n) is 4.29. The summed E-state index contributed by atoms with van der Waals surface area (Å²) >= 11 is 9.45. The van der Waals surface area contributed by atoms with Crippen LogP contribution >= 0.6 is 27.5 Å². The van der Waals surface area contributed by atoms with Gasteiger partial charge in [-0.2, -0.15) is 9.97 Å². The summed E-state index contributed by atoms with van der Waals surface area (Å²) in [5, 5.41) is 4.45. The highest BCUT2D eigenvalue weighted by atomic mass is 79.9. The first-order valence-corrected chi connectivity index (χ1v) is 9.39. The molecule has 3 aromatic rings. The van der Waals surface area contributed by atoms with Gasteiger partial charge in [0.2, 0.25) is 11.8 Å². The first-order valence-electron chi connectivity index (χ1n) is 8.22. The number of aromatic nitrogens is 4. The van der Waals surface area contributed by atoms with Gasteiger partial charge >= 0.3 is 0 Å². The van der Waals surface area contributed by atoms with Crippen molar-refractivity contribution in [2.24, 2.45) is 0 Å². The van der Waals surface area contributed by atoms with E-state index >= 15 is 0 Å². The molecule has 1 aliphatic heterocycles. The van der Waals surface area contributed by atoms with E-state index in [4.69, 9.17) is 21.9 Å². The summed E-state index contributed by atoms with van der Waals surface area (Å²) in [5.74, 6) is 2.08. The van der Waals surface area contributed by atoms with Crippen LogP contribution in [0.4, 0.5) is 11.8 Å². The molecule has 1 aliphatic rings. The van der Waals surface area contributed by atoms with Crippen molar-refractivity contribution in [2.45, 2.75) is 25.3 Å². The van der Waals surface area contributed by atoms with Gasteiger partial charge in [0.15, 0.2) is 5.82 Å². The number of nitrogen functional groups attached to an aromatic ring is 1. The van der Waals surface area contributed by atoms with E-state index < -0.39 is 0 Å². The molecule has 0 saturated carbocycles. The highest BCUT2D eigenvalue weighted by Gasteiger charge is 2.32. The largest absolute Gasteiger partial charge is 0.368 e. The molecule has 1 fully saturated rings. The molecule has 0 bridgehead atoms. The zero-order valence-electron chi connectivity index (χ0n) is 13.8. The van der Waals surface area contributed by atoms with Crippen molar-refractivity contribution < 1.29 is 4.52 Å². The molecule has 134 valence electrons. The summed E-state index contributed by atoms with van der Waals surface area (Å²) in [6, 6.07) is 9.74. The summed E-state index contributed by atoms with van der Waals surface area (Å²) in [6.45, 7) is 0.821. The summed E-state index contributed by atoms with van der Waals surface area (Å²) in [5.41, 5.74) is 6.85. The third kappa shape index (κ3) is 3.66. The molecule has 2 N–H and O–H groups in total. The zero-order valence-corrected chi connectivity index (χ0v) is 16.1. The number of halogens is 2. The van der Waals surface area contributed by atoms with Gasteiger partial charge in [-0.3, -0.25) is 0 Å². The lowest BCUT2D eigenvalue weighted by atomic mass is 10.1. The van der Waals surface area contributed by atoms with Gasteiger partial charge in [-0.1, -0.05) is 44.8 Å². The molecule has 3 heterocycles. The lowest BCUT2D eigenvalue weighted by Crippen LogP contribution is -2.24. The van der Waals surface area contributed by atoms with Crippen LogP contribution in [0.5, 0.6) is 0 Å². The second-order valence-corrected chi connectivity index (χ2v) is 7.41. The van der Waals surface area contributed by atoms with Gasteiger partial charge < -0.3 is 15.2 Å². The predicted octanol–water partition coefficient (Wildman–Crippen LogP) is 3.79. The molecule has 1 saturated heterocycles. The first kappa shape index (κ1) is 17.2. The Morgan fingerprint density at radius 2 is 2.04 bits per heavy atom. The molecule has 4 rings (SSSR count). The number of benzene rings is 1. The van der Waals surface area contributed by atoms with Crippen molar-refractivity contribution in [3.05, 3.63) is 57.2 Å². The molecule has 26 heavy (non-hydrogen) atoms. The fourth-order valence-corrected chi connectivity index (χ4v) is 3.58. The average Bonchev–Trinajstić information content (AvgIpc) is 3.25. The minimum absolute atomic E-state index is 0.0356. The van der Waals surface area contributed by atoms with Crippen LogP contribution in [0.2, 0.25) is 5.15 Å². The Bertz CT molecular complexity index is 896. The fraction of sp³-hybridized carbons (Fsp3) is 0.294. The monoisotopic (exact) mass is 434 g/mol. The van der Waals surface area contributed by atoms with Crippen LogP contribution < -0.4 is 10.6 Å². The van der Waals surface area contributed by atoms with Crippen molar-refractivity contribution in [3.63, 3.8) is 0 Å². The smallest absolute Gasteiger partial charge is 0.249 e. The molecule has 0 unspecified atom stereocenters. The SMILES string of the molecule is Nc1nc(Cl)cc(N2CCC[C@@H]2c2nc(Cc3ccc(Br)cc3)no2)n1. The van der Waals surface area contributed by atoms with E-state index in [1.165, 1.54) is 0 Å². The van der Waals surface area contributed by atoms with Gasteiger partial charge in [0.25, 0.3) is 0 Å². The van der Waals surface area contributed by atoms with Gasteiger partial charge in [0.1, 0.15) is 17.0 Å². The van der Waals surface area contributed by atoms with Crippen molar-refractivity contribution in [3.8, 4) is 0 Å². The maximum Gasteiger partial charge on any atom is 0.249 e. The van der Waals surface area contributed by atoms with Crippen LogP contribution in [0, 0.1) is 0 Å². The Hall–Kier alpha value is -2.19. The Labute approximate surface area is 163 Å². The Kier molecular flexibility index (Phi) is 4.78. The molecule has 1 atom stereocenters. The lowest BCUT2D eigenvalue weighted by molar-refractivity contribution is 0.351. The number of anilines is 2. The maximum atomic E-state index is 6.02. The Morgan fingerprint density at radius 3 is 2.81 bits per heavy atom. The van der Waals surface area contributed by atoms with Gasteiger partial charge in [0, 0.05) is 23.5 Å². The lowest BCUT2D eigenvalue weighted by Gasteiger charge is -2.22. The zero-order chi connectivity index (χ0) is 18.1. The second kappa shape index (κ2) is 7.20. The van der Waals surface area contributed by atoms with Crippen molar-refractivity contribution in [1.82, 2.24) is 20.1 Å². The summed E-state index contributed by atoms with van der Waals surface area (Å²) in [4.78, 5) is 14.9. The van der Waals surface area contributed by atoms with Crippen molar-refractivity contribution >= 4 is 39.3 Å². The van der Waals surface area contributed by atoms with Crippen molar-refractivity contribution in [2.75, 3.05) is 17.2 Å². The van der Waals surface area contributed by atoms with E-state index in [0.717, 1.165) is 29.4 Å². The molecule has 9 heteroatoms. The molecular formula is C17H16BrClN6O. The number of nitrogens with two attached hydrogens (primary N) is 1. The second-order valence-electron chi connectivity index (χ2n) is 6.11. The summed E-state index contributed by atoms with van der Waals surface area (Å²) < 4.78 is 6.58. The fourth-order valence-electron chi connectivity index (χ4n) is 3.13. The summed E-state index contributed by atoms with van der Waals surface area (Å²) in [6.07, 6.45) is 2.52. The third-order valence-corrected chi connectivity index (χ3v) is 5.01. The molecule has 2 aromatic heterocycles. The van der Waals surface area contributed by atoms with Crippen LogP contribution in [0.15, 0.2) is 39.3 Å². The van der Waals surface area contributed by atoms with Gasteiger partial charge in [-0.15, -0.1) is 0 Å². The maximum absolute atomic E-state index is 6.02. The minimum Gasteiger partial charge on any atom is -0.368 e. The normalized spacial score (nSPS) is 17.0. The van der Waals surface area contributed by atoms with Gasteiger partial charge in [-0.25, -0.2) is 4.98 Å². The van der Waals surface area contributed by atoms with Crippen LogP contribution in [0.3, 0.4) is 0 Å². The van der Waals surface area contributed by atoms with E-state index in [1.54, 1.807) is 6.07 Å². The van der Waals surface area contributed by atoms with E-state index in [0.29, 0.717) is 29.1 Å². The van der Waals surface area contributed by atoms with E-state index in [1.807, 2.05) is 24.3 Å². The van der Waals surface area contributed by atoms with Gasteiger partial charge in [-0.05, 0) is 30.5 Å². The van der Waals surface area contributed by atoms with E-state index in [9.17, 15) is 0 Å². The van der Waals surface area contributed by atoms with Gasteiger partial charge in [0.05, 0.1) is 0 Å². The Balaban J connectivity index is 1.55. The highest BCUT2D eigenvalue weighted by Crippen LogP contribution is 2.35. The van der Waals surface area contributed by atoms with Crippen LogP contribution in [0.25, 0.3) is 0 Å². The number of rotatable bonds is 4. The Morgan fingerprint density at radius 1 is 1.23 bits per heavy atom. The quantitative estimate of drug-likeness (QED) is 0.623. The topological polar surface area (TPSA) is 94.0 Å². The molecule has 1 aromatic carbocycles. The van der Waals surface area contributed by atoms with Crippen LogP contribution in [-0.2, 0) is 6.42 Å². The molecule has 0 radical (unpaired) electrons. The predicted molar refractivity (Wildman–Crippen MR) is 102 cm³/mol. The number of hydrogen-bond acceptors (Lipinski definition) is 7. The molecular weight excluding hydrogens is 420 g/mol. The molecule has 0 aliphatic carbocycles. The number of nitrogens with zero attached hydrogens (tertiary/aromatic N) is 5. The summed E-state index contributed by atoms with van der Waals surface area (Å²) in [7, 11) is 0. The first-order chi connectivity index (χ1) is 12.6. The molecule has 7 nitrogen and oxygen atoms in total. The van der Waals surface area contributed by atoms with Crippen LogP contribution in [0.1, 0.15) is 36.2 Å². The molecule has 0 spiro atoms. The van der Waals surface area contributed by atoms with E-state index in [2.05, 4.69) is 40.9 Å². The standard InChI is InChI=1S/C17H16BrClN6O/c18-11-5-3-10(4-6-11)8-14-22-16(26-24-14)12-2-1-7-25(12)15-9-13(19)21-17(20)23-15/h3-6,9,12H,1-2,7-8H2,(H2,20,21,23)/t12-/m1/s1.